The number of hydrogen-bond donors (Lipinski definition) is 0. The highest BCUT2D eigenvalue weighted by molar-refractivity contribution is 5.68. The summed E-state index contributed by atoms with van der Waals surface area (Å²) in [6.45, 7) is 8.28. The fourth-order valence-corrected chi connectivity index (χ4v) is 2.28. The largest absolute Gasteiger partial charge is 0.449 e. The number of amides is 1. The summed E-state index contributed by atoms with van der Waals surface area (Å²) in [6, 6.07) is 0. The van der Waals surface area contributed by atoms with Gasteiger partial charge in [-0.15, -0.1) is 0 Å². The normalized spacial score (nSPS) is 14.8. The van der Waals surface area contributed by atoms with Gasteiger partial charge >= 0.3 is 6.09 Å². The van der Waals surface area contributed by atoms with Gasteiger partial charge in [0.25, 0.3) is 0 Å². The highest BCUT2D eigenvalue weighted by Gasteiger charge is 2.22. The number of carbonyl (C=O) groups excluding carboxylic acids is 1. The number of fused-ring (bicyclic) bond motifs is 1. The minimum atomic E-state index is -0.228. The first-order valence-electron chi connectivity index (χ1n) is 7.15. The molecule has 0 fully saturated rings. The number of rotatable bonds is 3. The van der Waals surface area contributed by atoms with Gasteiger partial charge in [-0.25, -0.2) is 14.8 Å². The summed E-state index contributed by atoms with van der Waals surface area (Å²) in [5, 5.41) is 0. The van der Waals surface area contributed by atoms with E-state index in [1.807, 2.05) is 0 Å². The zero-order valence-corrected chi connectivity index (χ0v) is 12.6. The fourth-order valence-electron chi connectivity index (χ4n) is 2.28. The van der Waals surface area contributed by atoms with Crippen LogP contribution in [0.15, 0.2) is 12.5 Å². The molecule has 1 amide bonds. The van der Waals surface area contributed by atoms with Gasteiger partial charge < -0.3 is 9.64 Å². The van der Waals surface area contributed by atoms with Crippen molar-refractivity contribution in [3.8, 4) is 0 Å². The molecule has 0 atom stereocenters. The van der Waals surface area contributed by atoms with Crippen molar-refractivity contribution in [1.29, 1.82) is 0 Å². The van der Waals surface area contributed by atoms with E-state index < -0.39 is 0 Å². The van der Waals surface area contributed by atoms with Gasteiger partial charge in [0, 0.05) is 24.7 Å². The maximum atomic E-state index is 12.0. The van der Waals surface area contributed by atoms with E-state index in [9.17, 15) is 4.79 Å². The highest BCUT2D eigenvalue weighted by atomic mass is 16.6. The van der Waals surface area contributed by atoms with Gasteiger partial charge in [-0.3, -0.25) is 0 Å². The summed E-state index contributed by atoms with van der Waals surface area (Å²) >= 11 is 0. The Balaban J connectivity index is 1.77. The Labute approximate surface area is 120 Å². The van der Waals surface area contributed by atoms with E-state index in [-0.39, 0.29) is 11.5 Å². The van der Waals surface area contributed by atoms with Gasteiger partial charge in [-0.2, -0.15) is 0 Å². The highest BCUT2D eigenvalue weighted by Crippen LogP contribution is 2.21. The molecule has 0 spiro atoms. The Hall–Kier alpha value is -1.65. The molecule has 0 aliphatic carbocycles. The Morgan fingerprint density at radius 1 is 1.45 bits per heavy atom. The zero-order chi connectivity index (χ0) is 14.6. The van der Waals surface area contributed by atoms with E-state index in [0.717, 1.165) is 30.5 Å². The molecule has 1 aromatic rings. The predicted molar refractivity (Wildman–Crippen MR) is 76.2 cm³/mol. The van der Waals surface area contributed by atoms with Gasteiger partial charge in [0.15, 0.2) is 0 Å². The van der Waals surface area contributed by atoms with Crippen molar-refractivity contribution >= 4 is 6.09 Å². The topological polar surface area (TPSA) is 55.3 Å². The average molecular weight is 277 g/mol. The first kappa shape index (κ1) is 14.8. The Kier molecular flexibility index (Phi) is 4.57. The maximum absolute atomic E-state index is 12.0. The van der Waals surface area contributed by atoms with Crippen LogP contribution in [-0.4, -0.2) is 34.1 Å². The van der Waals surface area contributed by atoms with Crippen LogP contribution >= 0.6 is 0 Å². The van der Waals surface area contributed by atoms with Crippen LogP contribution in [0.25, 0.3) is 0 Å². The predicted octanol–water partition coefficient (Wildman–Crippen LogP) is 2.80. The van der Waals surface area contributed by atoms with E-state index in [4.69, 9.17) is 4.74 Å². The number of hydrogen-bond acceptors (Lipinski definition) is 4. The van der Waals surface area contributed by atoms with Gasteiger partial charge in [-0.1, -0.05) is 20.8 Å². The summed E-state index contributed by atoms with van der Waals surface area (Å²) in [5.74, 6) is 0. The number of aromatic nitrogens is 2. The molecule has 0 radical (unpaired) electrons. The lowest BCUT2D eigenvalue weighted by Gasteiger charge is -2.27. The van der Waals surface area contributed by atoms with Crippen molar-refractivity contribution in [2.45, 2.75) is 46.6 Å². The van der Waals surface area contributed by atoms with Gasteiger partial charge in [0.05, 0.1) is 18.8 Å². The molecular formula is C15H23N3O2. The van der Waals surface area contributed by atoms with Crippen molar-refractivity contribution in [1.82, 2.24) is 14.9 Å². The summed E-state index contributed by atoms with van der Waals surface area (Å²) < 4.78 is 5.34. The molecule has 0 saturated carbocycles. The molecule has 20 heavy (non-hydrogen) atoms. The van der Waals surface area contributed by atoms with Crippen molar-refractivity contribution < 1.29 is 9.53 Å². The smallest absolute Gasteiger partial charge is 0.410 e. The average Bonchev–Trinajstić information content (AvgIpc) is 2.42. The molecule has 5 heteroatoms. The van der Waals surface area contributed by atoms with Crippen molar-refractivity contribution in [2.24, 2.45) is 5.41 Å². The molecule has 0 unspecified atom stereocenters. The Bertz CT molecular complexity index is 468. The second kappa shape index (κ2) is 6.20. The van der Waals surface area contributed by atoms with Crippen LogP contribution in [0.1, 0.15) is 44.9 Å². The maximum Gasteiger partial charge on any atom is 0.410 e. The summed E-state index contributed by atoms with van der Waals surface area (Å²) in [6.07, 6.45) is 5.84. The van der Waals surface area contributed by atoms with Crippen LogP contribution in [0.3, 0.4) is 0 Å². The van der Waals surface area contributed by atoms with Crippen LogP contribution in [0.5, 0.6) is 0 Å². The molecule has 110 valence electrons. The molecule has 0 aromatic carbocycles. The molecule has 2 rings (SSSR count). The number of ether oxygens (including phenoxy) is 1. The minimum Gasteiger partial charge on any atom is -0.449 e. The third kappa shape index (κ3) is 4.18. The van der Waals surface area contributed by atoms with Crippen LogP contribution in [-0.2, 0) is 17.7 Å². The fraction of sp³-hybridized carbons (Fsp3) is 0.667. The number of nitrogens with zero attached hydrogens (tertiary/aromatic N) is 3. The molecular weight excluding hydrogens is 254 g/mol. The van der Waals surface area contributed by atoms with E-state index in [1.165, 1.54) is 0 Å². The summed E-state index contributed by atoms with van der Waals surface area (Å²) in [5.41, 5.74) is 2.34. The van der Waals surface area contributed by atoms with Crippen molar-refractivity contribution in [3.05, 3.63) is 23.8 Å². The Morgan fingerprint density at radius 2 is 2.25 bits per heavy atom. The second-order valence-corrected chi connectivity index (χ2v) is 6.44. The van der Waals surface area contributed by atoms with Crippen LogP contribution in [0, 0.1) is 5.41 Å². The minimum absolute atomic E-state index is 0.228. The Morgan fingerprint density at radius 3 is 3.00 bits per heavy atom. The van der Waals surface area contributed by atoms with Gasteiger partial charge in [0.2, 0.25) is 0 Å². The molecule has 0 bridgehead atoms. The lowest BCUT2D eigenvalue weighted by atomic mass is 9.91. The summed E-state index contributed by atoms with van der Waals surface area (Å²) in [7, 11) is 0. The summed E-state index contributed by atoms with van der Waals surface area (Å²) in [4.78, 5) is 22.0. The third-order valence-corrected chi connectivity index (χ3v) is 3.42. The van der Waals surface area contributed by atoms with E-state index >= 15 is 0 Å². The zero-order valence-electron chi connectivity index (χ0n) is 12.6. The SMILES string of the molecule is CC(C)(C)CCCOC(=O)N1CCc2ncncc2C1. The molecule has 5 nitrogen and oxygen atoms in total. The standard InChI is InChI=1S/C15H23N3O2/c1-15(2,3)6-4-8-20-14(19)18-7-5-13-12(10-18)9-16-11-17-13/h9,11H,4-8,10H2,1-3H3. The van der Waals surface area contributed by atoms with Crippen molar-refractivity contribution in [2.75, 3.05) is 13.2 Å². The van der Waals surface area contributed by atoms with E-state index in [0.29, 0.717) is 19.7 Å². The molecule has 1 aromatic heterocycles. The first-order valence-corrected chi connectivity index (χ1v) is 7.15. The molecule has 0 N–H and O–H groups in total. The second-order valence-electron chi connectivity index (χ2n) is 6.44. The molecule has 1 aliphatic heterocycles. The lowest BCUT2D eigenvalue weighted by molar-refractivity contribution is 0.0932. The van der Waals surface area contributed by atoms with Crippen LogP contribution in [0.2, 0.25) is 0 Å². The van der Waals surface area contributed by atoms with Crippen molar-refractivity contribution in [3.63, 3.8) is 0 Å². The quantitative estimate of drug-likeness (QED) is 0.797. The molecule has 0 saturated heterocycles. The molecule has 2 heterocycles. The lowest BCUT2D eigenvalue weighted by Crippen LogP contribution is -2.37. The first-order chi connectivity index (χ1) is 9.46. The monoisotopic (exact) mass is 277 g/mol. The van der Waals surface area contributed by atoms with Gasteiger partial charge in [-0.05, 0) is 18.3 Å². The van der Waals surface area contributed by atoms with E-state index in [2.05, 4.69) is 30.7 Å². The van der Waals surface area contributed by atoms with E-state index in [1.54, 1.807) is 17.4 Å². The van der Waals surface area contributed by atoms with Crippen LogP contribution < -0.4 is 0 Å². The number of carbonyl (C=O) groups is 1. The molecule has 1 aliphatic rings. The third-order valence-electron chi connectivity index (χ3n) is 3.42. The van der Waals surface area contributed by atoms with Crippen LogP contribution in [0.4, 0.5) is 4.79 Å². The van der Waals surface area contributed by atoms with Gasteiger partial charge in [0.1, 0.15) is 6.33 Å².